The van der Waals surface area contributed by atoms with Gasteiger partial charge in [0.15, 0.2) is 5.96 Å². The van der Waals surface area contributed by atoms with Crippen molar-refractivity contribution in [2.24, 2.45) is 23.9 Å². The summed E-state index contributed by atoms with van der Waals surface area (Å²) in [5, 5.41) is 7.91. The van der Waals surface area contributed by atoms with E-state index in [1.54, 1.807) is 0 Å². The average Bonchev–Trinajstić information content (AvgIpc) is 3.45. The van der Waals surface area contributed by atoms with Crippen LogP contribution in [0.15, 0.2) is 47.7 Å². The van der Waals surface area contributed by atoms with Crippen LogP contribution in [0.25, 0.3) is 0 Å². The number of hydrogen-bond donors (Lipinski definition) is 1. The van der Waals surface area contributed by atoms with Gasteiger partial charge in [-0.1, -0.05) is 30.3 Å². The van der Waals surface area contributed by atoms with Gasteiger partial charge >= 0.3 is 0 Å². The van der Waals surface area contributed by atoms with Crippen LogP contribution in [0.1, 0.15) is 30.1 Å². The van der Waals surface area contributed by atoms with Gasteiger partial charge in [-0.25, -0.2) is 0 Å². The van der Waals surface area contributed by atoms with Crippen molar-refractivity contribution in [3.05, 3.63) is 53.9 Å². The predicted octanol–water partition coefficient (Wildman–Crippen LogP) is 2.64. The molecule has 0 aliphatic carbocycles. The number of aliphatic imine (C=N–C) groups is 1. The van der Waals surface area contributed by atoms with Gasteiger partial charge in [0.2, 0.25) is 0 Å². The molecular formula is C22H31N5O. The number of hydrogen-bond acceptors (Lipinski definition) is 3. The van der Waals surface area contributed by atoms with Crippen LogP contribution in [0.2, 0.25) is 0 Å². The average molecular weight is 382 g/mol. The molecule has 4 rings (SSSR count). The molecule has 2 aliphatic rings. The SMILES string of the molecule is CN=C(NCC1CCOC1c1ccccc1)N1CCC(Cc2cnn(C)c2)C1. The number of likely N-dealkylation sites (tertiary alicyclic amines) is 1. The van der Waals surface area contributed by atoms with E-state index in [2.05, 4.69) is 56.8 Å². The Labute approximate surface area is 167 Å². The number of ether oxygens (including phenoxy) is 1. The lowest BCUT2D eigenvalue weighted by atomic mass is 9.95. The van der Waals surface area contributed by atoms with Gasteiger partial charge in [0.05, 0.1) is 12.3 Å². The molecule has 0 spiro atoms. The van der Waals surface area contributed by atoms with E-state index in [0.29, 0.717) is 11.8 Å². The number of rotatable bonds is 5. The molecule has 3 unspecified atom stereocenters. The summed E-state index contributed by atoms with van der Waals surface area (Å²) < 4.78 is 7.91. The Balaban J connectivity index is 1.30. The van der Waals surface area contributed by atoms with Crippen molar-refractivity contribution >= 4 is 5.96 Å². The smallest absolute Gasteiger partial charge is 0.193 e. The fourth-order valence-corrected chi connectivity index (χ4v) is 4.51. The lowest BCUT2D eigenvalue weighted by molar-refractivity contribution is 0.0914. The van der Waals surface area contributed by atoms with E-state index in [1.165, 1.54) is 17.5 Å². The maximum absolute atomic E-state index is 6.03. The van der Waals surface area contributed by atoms with E-state index >= 15 is 0 Å². The van der Waals surface area contributed by atoms with E-state index in [1.807, 2.05) is 25.0 Å². The summed E-state index contributed by atoms with van der Waals surface area (Å²) in [4.78, 5) is 6.95. The highest BCUT2D eigenvalue weighted by Gasteiger charge is 2.31. The van der Waals surface area contributed by atoms with Crippen molar-refractivity contribution in [1.82, 2.24) is 20.0 Å². The van der Waals surface area contributed by atoms with Crippen LogP contribution in [0.5, 0.6) is 0 Å². The lowest BCUT2D eigenvalue weighted by Gasteiger charge is -2.25. The molecule has 150 valence electrons. The fraction of sp³-hybridized carbons (Fsp3) is 0.545. The van der Waals surface area contributed by atoms with Crippen LogP contribution >= 0.6 is 0 Å². The Morgan fingerprint density at radius 3 is 2.89 bits per heavy atom. The van der Waals surface area contributed by atoms with Crippen LogP contribution in [0.4, 0.5) is 0 Å². The molecule has 0 bridgehead atoms. The van der Waals surface area contributed by atoms with Gasteiger partial charge < -0.3 is 15.0 Å². The van der Waals surface area contributed by atoms with E-state index in [0.717, 1.165) is 45.0 Å². The highest BCUT2D eigenvalue weighted by Crippen LogP contribution is 2.34. The minimum absolute atomic E-state index is 0.184. The van der Waals surface area contributed by atoms with E-state index < -0.39 is 0 Å². The number of aromatic nitrogens is 2. The van der Waals surface area contributed by atoms with Crippen LogP contribution in [0.3, 0.4) is 0 Å². The normalized spacial score (nSPS) is 25.4. The zero-order valence-corrected chi connectivity index (χ0v) is 16.9. The molecule has 0 saturated carbocycles. The summed E-state index contributed by atoms with van der Waals surface area (Å²) in [5.74, 6) is 2.16. The molecule has 6 nitrogen and oxygen atoms in total. The topological polar surface area (TPSA) is 54.7 Å². The van der Waals surface area contributed by atoms with E-state index in [4.69, 9.17) is 4.74 Å². The van der Waals surface area contributed by atoms with Crippen LogP contribution < -0.4 is 5.32 Å². The summed E-state index contributed by atoms with van der Waals surface area (Å²) in [6.45, 7) is 3.85. The van der Waals surface area contributed by atoms with Gasteiger partial charge in [-0.3, -0.25) is 9.67 Å². The van der Waals surface area contributed by atoms with Crippen LogP contribution in [-0.2, 0) is 18.2 Å². The van der Waals surface area contributed by atoms with Gasteiger partial charge in [-0.2, -0.15) is 5.10 Å². The number of benzene rings is 1. The molecule has 1 aromatic carbocycles. The third-order valence-corrected chi connectivity index (χ3v) is 5.94. The van der Waals surface area contributed by atoms with Crippen molar-refractivity contribution in [2.75, 3.05) is 33.3 Å². The summed E-state index contributed by atoms with van der Waals surface area (Å²) in [7, 11) is 3.86. The summed E-state index contributed by atoms with van der Waals surface area (Å²) >= 11 is 0. The number of aryl methyl sites for hydroxylation is 1. The predicted molar refractivity (Wildman–Crippen MR) is 111 cm³/mol. The third-order valence-electron chi connectivity index (χ3n) is 5.94. The van der Waals surface area contributed by atoms with Gasteiger partial charge in [0, 0.05) is 52.5 Å². The third kappa shape index (κ3) is 4.38. The van der Waals surface area contributed by atoms with E-state index in [-0.39, 0.29) is 6.10 Å². The first-order valence-electron chi connectivity index (χ1n) is 10.3. The molecule has 2 aromatic rings. The Morgan fingerprint density at radius 2 is 2.14 bits per heavy atom. The number of nitrogens with zero attached hydrogens (tertiary/aromatic N) is 4. The molecule has 3 heterocycles. The standard InChI is InChI=1S/C22H31N5O/c1-23-22(27-10-8-17(16-27)12-18-13-25-26(2)15-18)24-14-20-9-11-28-21(20)19-6-4-3-5-7-19/h3-7,13,15,17,20-21H,8-12,14,16H2,1-2H3,(H,23,24). The van der Waals surface area contributed by atoms with Crippen molar-refractivity contribution in [1.29, 1.82) is 0 Å². The second kappa shape index (κ2) is 8.78. The van der Waals surface area contributed by atoms with Crippen molar-refractivity contribution < 1.29 is 4.74 Å². The van der Waals surface area contributed by atoms with Gasteiger partial charge in [0.1, 0.15) is 0 Å². The van der Waals surface area contributed by atoms with Gasteiger partial charge in [-0.05, 0) is 36.3 Å². The van der Waals surface area contributed by atoms with Crippen LogP contribution in [-0.4, -0.2) is 53.9 Å². The summed E-state index contributed by atoms with van der Waals surface area (Å²) in [6, 6.07) is 10.6. The largest absolute Gasteiger partial charge is 0.373 e. The second-order valence-electron chi connectivity index (χ2n) is 8.01. The molecule has 1 N–H and O–H groups in total. The first-order valence-corrected chi connectivity index (χ1v) is 10.3. The van der Waals surface area contributed by atoms with Crippen molar-refractivity contribution in [3.63, 3.8) is 0 Å². The number of guanidine groups is 1. The molecule has 6 heteroatoms. The lowest BCUT2D eigenvalue weighted by Crippen LogP contribution is -2.42. The second-order valence-corrected chi connectivity index (χ2v) is 8.01. The number of nitrogens with one attached hydrogen (secondary N) is 1. The molecule has 1 aromatic heterocycles. The Bertz CT molecular complexity index is 787. The first kappa shape index (κ1) is 19.0. The van der Waals surface area contributed by atoms with Gasteiger partial charge in [-0.15, -0.1) is 0 Å². The maximum Gasteiger partial charge on any atom is 0.193 e. The molecular weight excluding hydrogens is 350 g/mol. The highest BCUT2D eigenvalue weighted by atomic mass is 16.5. The quantitative estimate of drug-likeness (QED) is 0.639. The molecule has 2 saturated heterocycles. The monoisotopic (exact) mass is 381 g/mol. The van der Waals surface area contributed by atoms with Crippen molar-refractivity contribution in [2.45, 2.75) is 25.4 Å². The minimum Gasteiger partial charge on any atom is -0.373 e. The zero-order chi connectivity index (χ0) is 19.3. The Hall–Kier alpha value is -2.34. The Morgan fingerprint density at radius 1 is 1.29 bits per heavy atom. The maximum atomic E-state index is 6.03. The molecule has 2 aliphatic heterocycles. The highest BCUT2D eigenvalue weighted by molar-refractivity contribution is 5.80. The fourth-order valence-electron chi connectivity index (χ4n) is 4.51. The molecule has 3 atom stereocenters. The summed E-state index contributed by atoms with van der Waals surface area (Å²) in [6.07, 6.45) is 7.68. The molecule has 2 fully saturated rings. The van der Waals surface area contributed by atoms with Crippen LogP contribution in [0, 0.1) is 11.8 Å². The first-order chi connectivity index (χ1) is 13.7. The Kier molecular flexibility index (Phi) is 5.95. The van der Waals surface area contributed by atoms with E-state index in [9.17, 15) is 0 Å². The molecule has 28 heavy (non-hydrogen) atoms. The van der Waals surface area contributed by atoms with Gasteiger partial charge in [0.25, 0.3) is 0 Å². The summed E-state index contributed by atoms with van der Waals surface area (Å²) in [5.41, 5.74) is 2.60. The molecule has 0 amide bonds. The van der Waals surface area contributed by atoms with Crippen molar-refractivity contribution in [3.8, 4) is 0 Å². The zero-order valence-electron chi connectivity index (χ0n) is 16.9. The minimum atomic E-state index is 0.184. The molecule has 0 radical (unpaired) electrons.